The van der Waals surface area contributed by atoms with E-state index in [1.165, 1.54) is 6.08 Å². The monoisotopic (exact) mass is 550 g/mol. The van der Waals surface area contributed by atoms with Crippen LogP contribution in [0.25, 0.3) is 0 Å². The molecule has 0 radical (unpaired) electrons. The Bertz CT molecular complexity index is 842. The second kappa shape index (κ2) is 15.0. The number of hydrogen-bond donors (Lipinski definition) is 0. The Balaban J connectivity index is 2.49. The number of likely N-dealkylation sites (N-methyl/N-ethyl adjacent to an activating group) is 1. The number of amides is 1. The van der Waals surface area contributed by atoms with Crippen molar-refractivity contribution in [3.8, 4) is 0 Å². The number of esters is 1. The Kier molecular flexibility index (Phi) is 12.7. The van der Waals surface area contributed by atoms with Gasteiger partial charge in [-0.15, -0.1) is 0 Å². The summed E-state index contributed by atoms with van der Waals surface area (Å²) in [5.74, 6) is -0.497. The lowest BCUT2D eigenvalue weighted by Gasteiger charge is -2.44. The molecule has 9 heteroatoms. The number of carbonyl (C=O) groups is 3. The zero-order chi connectivity index (χ0) is 28.3. The molecule has 4 atom stereocenters. The van der Waals surface area contributed by atoms with Crippen LogP contribution in [0, 0.1) is 5.92 Å². The molecule has 2 aliphatic heterocycles. The van der Waals surface area contributed by atoms with Crippen LogP contribution in [0.1, 0.15) is 67.2 Å². The van der Waals surface area contributed by atoms with Crippen LogP contribution >= 0.6 is 0 Å². The van der Waals surface area contributed by atoms with Crippen molar-refractivity contribution in [3.63, 3.8) is 0 Å². The molecule has 0 aromatic carbocycles. The van der Waals surface area contributed by atoms with Gasteiger partial charge in [-0.05, 0) is 76.0 Å². The summed E-state index contributed by atoms with van der Waals surface area (Å²) in [5, 5.41) is 0. The average molecular weight is 551 g/mol. The van der Waals surface area contributed by atoms with E-state index in [0.717, 1.165) is 37.6 Å². The molecule has 0 aromatic rings. The van der Waals surface area contributed by atoms with E-state index < -0.39 is 26.1 Å². The van der Waals surface area contributed by atoms with Gasteiger partial charge in [-0.2, -0.15) is 0 Å². The highest BCUT2D eigenvalue weighted by Crippen LogP contribution is 2.36. The number of cyclic esters (lactones) is 1. The van der Waals surface area contributed by atoms with Crippen LogP contribution in [0.4, 0.5) is 4.79 Å². The summed E-state index contributed by atoms with van der Waals surface area (Å²) in [6.07, 6.45) is 6.89. The van der Waals surface area contributed by atoms with Gasteiger partial charge in [0, 0.05) is 38.5 Å². The second-order valence-corrected chi connectivity index (χ2v) is 15.9. The minimum atomic E-state index is -2.07. The fourth-order valence-electron chi connectivity index (χ4n) is 5.39. The number of hydrogen-bond acceptors (Lipinski definition) is 7. The van der Waals surface area contributed by atoms with Crippen LogP contribution in [0.3, 0.4) is 0 Å². The average Bonchev–Trinajstić information content (AvgIpc) is 2.90. The lowest BCUT2D eigenvalue weighted by molar-refractivity contribution is -0.149. The third-order valence-corrected chi connectivity index (χ3v) is 13.1. The summed E-state index contributed by atoms with van der Waals surface area (Å²) in [5.41, 5.74) is -0.0409. The Labute approximate surface area is 230 Å². The van der Waals surface area contributed by atoms with Gasteiger partial charge in [0.15, 0.2) is 8.32 Å². The third-order valence-electron chi connectivity index (χ3n) is 8.38. The molecule has 0 saturated carbocycles. The first kappa shape index (κ1) is 32.2. The Morgan fingerprint density at radius 3 is 2.34 bits per heavy atom. The van der Waals surface area contributed by atoms with Gasteiger partial charge in [-0.3, -0.25) is 9.59 Å². The van der Waals surface area contributed by atoms with E-state index in [1.807, 2.05) is 19.1 Å². The number of carbonyl (C=O) groups excluding carboxylic acids is 3. The molecule has 38 heavy (non-hydrogen) atoms. The quantitative estimate of drug-likeness (QED) is 0.133. The number of piperazine rings is 1. The molecule has 0 aromatic heterocycles. The van der Waals surface area contributed by atoms with Gasteiger partial charge in [-0.25, -0.2) is 4.79 Å². The van der Waals surface area contributed by atoms with Crippen molar-refractivity contribution < 1.29 is 28.3 Å². The van der Waals surface area contributed by atoms with Gasteiger partial charge in [-0.1, -0.05) is 33.8 Å². The predicted molar refractivity (Wildman–Crippen MR) is 152 cm³/mol. The first-order chi connectivity index (χ1) is 18.0. The highest BCUT2D eigenvalue weighted by molar-refractivity contribution is 6.73. The number of rotatable bonds is 8. The molecule has 0 N–H and O–H groups in total. The van der Waals surface area contributed by atoms with Crippen LogP contribution in [-0.4, -0.2) is 87.5 Å². The number of allylic oxidation sites excluding steroid dienone is 1. The molecule has 0 spiro atoms. The second-order valence-electron chi connectivity index (χ2n) is 11.2. The van der Waals surface area contributed by atoms with Gasteiger partial charge in [0.1, 0.15) is 18.5 Å². The molecule has 2 heterocycles. The van der Waals surface area contributed by atoms with Crippen molar-refractivity contribution in [1.29, 1.82) is 0 Å². The maximum Gasteiger partial charge on any atom is 0.410 e. The summed E-state index contributed by atoms with van der Waals surface area (Å²) < 4.78 is 19.2. The highest BCUT2D eigenvalue weighted by atomic mass is 28.4. The summed E-state index contributed by atoms with van der Waals surface area (Å²) in [4.78, 5) is 41.2. The number of nitrogens with zero attached hydrogens (tertiary/aromatic N) is 2. The fourth-order valence-corrected chi connectivity index (χ4v) is 8.53. The maximum atomic E-state index is 13.4. The molecule has 2 aliphatic rings. The first-order valence-corrected chi connectivity index (χ1v) is 16.9. The van der Waals surface area contributed by atoms with Crippen LogP contribution in [-0.2, 0) is 23.5 Å². The standard InChI is InChI=1S/C29H50N2O6Si/c1-8-38(9-2,10-3)37-29(6)17-12-11-13-26(33)36-27(24(5)16-22-32)23(4)14-15-25(29)35-28(34)31-20-18-30(7)19-21-31/h14-16,22-23,25,27H,8-13,17-21H2,1-7H3/b15-14+,24-16+/t23-,25-,27-,29+/m0/s1. The molecule has 0 aliphatic carbocycles. The van der Waals surface area contributed by atoms with Crippen molar-refractivity contribution in [1.82, 2.24) is 9.80 Å². The van der Waals surface area contributed by atoms with E-state index in [4.69, 9.17) is 13.9 Å². The SMILES string of the molecule is CC[Si](CC)(CC)O[C@]1(C)CCCCC(=O)O[C@H](/C(C)=C/C=O)[C@@H](C)/C=C/[C@@H]1OC(=O)N1CCN(C)CC1. The Morgan fingerprint density at radius 2 is 1.76 bits per heavy atom. The molecule has 1 amide bonds. The third kappa shape index (κ3) is 8.78. The predicted octanol–water partition coefficient (Wildman–Crippen LogP) is 5.34. The molecule has 2 rings (SSSR count). The molecular formula is C29H50N2O6Si. The first-order valence-electron chi connectivity index (χ1n) is 14.4. The highest BCUT2D eigenvalue weighted by Gasteiger charge is 2.44. The van der Waals surface area contributed by atoms with E-state index in [9.17, 15) is 14.4 Å². The van der Waals surface area contributed by atoms with Gasteiger partial charge < -0.3 is 23.7 Å². The zero-order valence-corrected chi connectivity index (χ0v) is 25.7. The molecule has 0 bridgehead atoms. The van der Waals surface area contributed by atoms with Gasteiger partial charge in [0.2, 0.25) is 0 Å². The molecule has 1 fully saturated rings. The van der Waals surface area contributed by atoms with E-state index in [-0.39, 0.29) is 18.0 Å². The van der Waals surface area contributed by atoms with Crippen LogP contribution in [0.15, 0.2) is 23.8 Å². The van der Waals surface area contributed by atoms with Gasteiger partial charge in [0.05, 0.1) is 5.60 Å². The normalized spacial score (nSPS) is 29.6. The zero-order valence-electron chi connectivity index (χ0n) is 24.7. The van der Waals surface area contributed by atoms with Crippen molar-refractivity contribution in [2.24, 2.45) is 5.92 Å². The molecule has 216 valence electrons. The minimum absolute atomic E-state index is 0.228. The Hall–Kier alpha value is -1.97. The van der Waals surface area contributed by atoms with Gasteiger partial charge in [0.25, 0.3) is 0 Å². The molecule has 0 unspecified atom stereocenters. The molecule has 8 nitrogen and oxygen atoms in total. The van der Waals surface area contributed by atoms with Crippen molar-refractivity contribution in [2.45, 2.75) is 103 Å². The van der Waals surface area contributed by atoms with E-state index in [0.29, 0.717) is 44.2 Å². The van der Waals surface area contributed by atoms with Crippen molar-refractivity contribution in [3.05, 3.63) is 23.8 Å². The number of aldehydes is 1. The lowest BCUT2D eigenvalue weighted by Crippen LogP contribution is -2.54. The van der Waals surface area contributed by atoms with Crippen molar-refractivity contribution in [2.75, 3.05) is 33.2 Å². The smallest absolute Gasteiger partial charge is 0.410 e. The summed E-state index contributed by atoms with van der Waals surface area (Å²) in [6.45, 7) is 15.3. The largest absolute Gasteiger partial charge is 0.457 e. The molecular weight excluding hydrogens is 500 g/mol. The van der Waals surface area contributed by atoms with Crippen LogP contribution in [0.5, 0.6) is 0 Å². The summed E-state index contributed by atoms with van der Waals surface area (Å²) in [7, 11) is -0.0118. The van der Waals surface area contributed by atoms with E-state index in [1.54, 1.807) is 11.8 Å². The van der Waals surface area contributed by atoms with E-state index >= 15 is 0 Å². The Morgan fingerprint density at radius 1 is 1.13 bits per heavy atom. The maximum absolute atomic E-state index is 13.4. The molecule has 1 saturated heterocycles. The number of ether oxygens (including phenoxy) is 2. The lowest BCUT2D eigenvalue weighted by atomic mass is 9.89. The van der Waals surface area contributed by atoms with Crippen LogP contribution < -0.4 is 0 Å². The fraction of sp³-hybridized carbons (Fsp3) is 0.759. The summed E-state index contributed by atoms with van der Waals surface area (Å²) >= 11 is 0. The van der Waals surface area contributed by atoms with Crippen molar-refractivity contribution >= 4 is 26.7 Å². The minimum Gasteiger partial charge on any atom is -0.457 e. The van der Waals surface area contributed by atoms with Crippen LogP contribution in [0.2, 0.25) is 18.1 Å². The topological polar surface area (TPSA) is 85.4 Å². The van der Waals surface area contributed by atoms with E-state index in [2.05, 4.69) is 39.6 Å². The summed E-state index contributed by atoms with van der Waals surface area (Å²) in [6, 6.07) is 2.96. The van der Waals surface area contributed by atoms with Gasteiger partial charge >= 0.3 is 12.1 Å².